The molecule has 0 saturated carbocycles. The molecule has 5 rings (SSSR count). The van der Waals surface area contributed by atoms with Crippen molar-refractivity contribution in [2.45, 2.75) is 23.8 Å². The summed E-state index contributed by atoms with van der Waals surface area (Å²) in [5.41, 5.74) is 5.00. The van der Waals surface area contributed by atoms with Crippen LogP contribution in [0.1, 0.15) is 16.7 Å². The van der Waals surface area contributed by atoms with Gasteiger partial charge >= 0.3 is 0 Å². The summed E-state index contributed by atoms with van der Waals surface area (Å²) in [7, 11) is 0. The van der Waals surface area contributed by atoms with Crippen molar-refractivity contribution >= 4 is 33.3 Å². The van der Waals surface area contributed by atoms with E-state index in [2.05, 4.69) is 41.4 Å². The largest absolute Gasteiger partial charge is 0.301 e. The number of aromatic amines is 1. The zero-order chi connectivity index (χ0) is 17.5. The Morgan fingerprint density at radius 1 is 1.04 bits per heavy atom. The van der Waals surface area contributed by atoms with Crippen LogP contribution in [0, 0.1) is 0 Å². The molecule has 2 heterocycles. The quantitative estimate of drug-likeness (QED) is 0.402. The molecule has 3 nitrogen and oxygen atoms in total. The van der Waals surface area contributed by atoms with E-state index >= 15 is 0 Å². The SMILES string of the molecule is O=c1[nH]c(SCc2ccccc2)nc2sc3c(c12)CCc1ccccc1-3. The molecule has 0 spiro atoms. The third-order valence-electron chi connectivity index (χ3n) is 4.76. The van der Waals surface area contributed by atoms with E-state index in [9.17, 15) is 4.79 Å². The van der Waals surface area contributed by atoms with Crippen molar-refractivity contribution in [1.82, 2.24) is 9.97 Å². The molecule has 2 aromatic carbocycles. The summed E-state index contributed by atoms with van der Waals surface area (Å²) in [5.74, 6) is 0.795. The number of fused-ring (bicyclic) bond motifs is 5. The van der Waals surface area contributed by atoms with Crippen LogP contribution in [0.25, 0.3) is 20.7 Å². The van der Waals surface area contributed by atoms with Gasteiger partial charge in [-0.3, -0.25) is 4.79 Å². The van der Waals surface area contributed by atoms with Gasteiger partial charge in [-0.2, -0.15) is 0 Å². The van der Waals surface area contributed by atoms with Crippen LogP contribution in [0.2, 0.25) is 0 Å². The predicted molar refractivity (Wildman–Crippen MR) is 109 cm³/mol. The van der Waals surface area contributed by atoms with E-state index in [0.29, 0.717) is 5.16 Å². The van der Waals surface area contributed by atoms with Crippen molar-refractivity contribution in [3.05, 3.63) is 81.6 Å². The molecule has 0 bridgehead atoms. The average molecular weight is 377 g/mol. The summed E-state index contributed by atoms with van der Waals surface area (Å²) in [4.78, 5) is 22.6. The van der Waals surface area contributed by atoms with Crippen LogP contribution in [0.4, 0.5) is 0 Å². The van der Waals surface area contributed by atoms with E-state index in [-0.39, 0.29) is 5.56 Å². The maximum absolute atomic E-state index is 12.8. The van der Waals surface area contributed by atoms with E-state index in [1.54, 1.807) is 23.1 Å². The van der Waals surface area contributed by atoms with Crippen LogP contribution < -0.4 is 5.56 Å². The molecular weight excluding hydrogens is 360 g/mol. The molecule has 0 amide bonds. The van der Waals surface area contributed by atoms with Crippen molar-refractivity contribution in [2.75, 3.05) is 0 Å². The lowest BCUT2D eigenvalue weighted by Gasteiger charge is -2.15. The van der Waals surface area contributed by atoms with Crippen molar-refractivity contribution in [3.8, 4) is 10.4 Å². The molecule has 5 heteroatoms. The van der Waals surface area contributed by atoms with Crippen molar-refractivity contribution < 1.29 is 0 Å². The van der Waals surface area contributed by atoms with Gasteiger partial charge in [-0.15, -0.1) is 11.3 Å². The normalized spacial score (nSPS) is 12.8. The van der Waals surface area contributed by atoms with Gasteiger partial charge in [-0.05, 0) is 35.1 Å². The zero-order valence-corrected chi connectivity index (χ0v) is 15.6. The highest BCUT2D eigenvalue weighted by Gasteiger charge is 2.23. The summed E-state index contributed by atoms with van der Waals surface area (Å²) < 4.78 is 0. The molecule has 1 aliphatic rings. The first kappa shape index (κ1) is 15.9. The van der Waals surface area contributed by atoms with Crippen LogP contribution in [-0.2, 0) is 18.6 Å². The van der Waals surface area contributed by atoms with Gasteiger partial charge in [0.25, 0.3) is 5.56 Å². The van der Waals surface area contributed by atoms with Crippen molar-refractivity contribution in [3.63, 3.8) is 0 Å². The first-order valence-corrected chi connectivity index (χ1v) is 10.4. The van der Waals surface area contributed by atoms with Gasteiger partial charge < -0.3 is 4.98 Å². The van der Waals surface area contributed by atoms with Gasteiger partial charge in [-0.1, -0.05) is 66.4 Å². The number of aromatic nitrogens is 2. The molecule has 1 aliphatic carbocycles. The van der Waals surface area contributed by atoms with E-state index in [4.69, 9.17) is 4.98 Å². The first-order valence-electron chi connectivity index (χ1n) is 8.60. The molecule has 0 unspecified atom stereocenters. The van der Waals surface area contributed by atoms with Crippen LogP contribution in [0.3, 0.4) is 0 Å². The average Bonchev–Trinajstić information content (AvgIpc) is 3.07. The molecule has 0 aliphatic heterocycles. The number of thioether (sulfide) groups is 1. The third kappa shape index (κ3) is 2.68. The van der Waals surface area contributed by atoms with Crippen LogP contribution in [0.5, 0.6) is 0 Å². The van der Waals surface area contributed by atoms with Gasteiger partial charge in [-0.25, -0.2) is 4.98 Å². The number of nitrogens with zero attached hydrogens (tertiary/aromatic N) is 1. The monoisotopic (exact) mass is 376 g/mol. The van der Waals surface area contributed by atoms with E-state index < -0.39 is 0 Å². The third-order valence-corrected chi connectivity index (χ3v) is 6.87. The summed E-state index contributed by atoms with van der Waals surface area (Å²) in [6.45, 7) is 0. The fourth-order valence-corrected chi connectivity index (χ4v) is 5.67. The molecule has 26 heavy (non-hydrogen) atoms. The maximum Gasteiger partial charge on any atom is 0.260 e. The smallest absolute Gasteiger partial charge is 0.260 e. The van der Waals surface area contributed by atoms with Gasteiger partial charge in [0.05, 0.1) is 5.39 Å². The second-order valence-corrected chi connectivity index (χ2v) is 8.36. The molecule has 2 aromatic heterocycles. The molecule has 0 radical (unpaired) electrons. The number of rotatable bonds is 3. The molecule has 0 fully saturated rings. The van der Waals surface area contributed by atoms with E-state index in [1.165, 1.54) is 21.6 Å². The van der Waals surface area contributed by atoms with Gasteiger partial charge in [0.1, 0.15) is 4.83 Å². The Balaban J connectivity index is 1.56. The fourth-order valence-electron chi connectivity index (χ4n) is 3.51. The van der Waals surface area contributed by atoms with Crippen LogP contribution in [-0.4, -0.2) is 9.97 Å². The van der Waals surface area contributed by atoms with Gasteiger partial charge in [0.15, 0.2) is 5.16 Å². The molecule has 0 saturated heterocycles. The molecule has 4 aromatic rings. The topological polar surface area (TPSA) is 45.8 Å². The number of hydrogen-bond donors (Lipinski definition) is 1. The van der Waals surface area contributed by atoms with Gasteiger partial charge in [0.2, 0.25) is 0 Å². The standard InChI is InChI=1S/C21H16N2OS2/c24-19-17-16-11-10-14-8-4-5-9-15(14)18(16)26-20(17)23-21(22-19)25-12-13-6-2-1-3-7-13/h1-9H,10-12H2,(H,22,23,24). The lowest BCUT2D eigenvalue weighted by atomic mass is 9.90. The van der Waals surface area contributed by atoms with Crippen molar-refractivity contribution in [2.24, 2.45) is 0 Å². The fraction of sp³-hybridized carbons (Fsp3) is 0.143. The summed E-state index contributed by atoms with van der Waals surface area (Å²) in [6, 6.07) is 18.7. The van der Waals surface area contributed by atoms with E-state index in [1.807, 2.05) is 18.2 Å². The number of aryl methyl sites for hydroxylation is 2. The highest BCUT2D eigenvalue weighted by Crippen LogP contribution is 2.42. The molecule has 0 atom stereocenters. The molecular formula is C21H16N2OS2. The number of nitrogens with one attached hydrogen (secondary N) is 1. The molecule has 128 valence electrons. The molecule has 1 N–H and O–H groups in total. The summed E-state index contributed by atoms with van der Waals surface area (Å²) >= 11 is 3.22. The minimum atomic E-state index is -0.0116. The predicted octanol–water partition coefficient (Wildman–Crippen LogP) is 5.04. The second-order valence-electron chi connectivity index (χ2n) is 6.39. The minimum Gasteiger partial charge on any atom is -0.301 e. The summed E-state index contributed by atoms with van der Waals surface area (Å²) in [5, 5.41) is 1.47. The first-order chi connectivity index (χ1) is 12.8. The Labute approximate surface area is 159 Å². The Bertz CT molecular complexity index is 1160. The number of hydrogen-bond acceptors (Lipinski definition) is 4. The Kier molecular flexibility index (Phi) is 3.91. The number of H-pyrrole nitrogens is 1. The Morgan fingerprint density at radius 2 is 1.85 bits per heavy atom. The van der Waals surface area contributed by atoms with Gasteiger partial charge in [0, 0.05) is 10.6 Å². The maximum atomic E-state index is 12.8. The second kappa shape index (κ2) is 6.41. The van der Waals surface area contributed by atoms with Crippen LogP contribution in [0.15, 0.2) is 64.5 Å². The highest BCUT2D eigenvalue weighted by molar-refractivity contribution is 7.98. The lowest BCUT2D eigenvalue weighted by molar-refractivity contribution is 0.943. The van der Waals surface area contributed by atoms with E-state index in [0.717, 1.165) is 34.4 Å². The van der Waals surface area contributed by atoms with Crippen LogP contribution >= 0.6 is 23.1 Å². The van der Waals surface area contributed by atoms with Crippen molar-refractivity contribution in [1.29, 1.82) is 0 Å². The Morgan fingerprint density at radius 3 is 2.73 bits per heavy atom. The number of benzene rings is 2. The minimum absolute atomic E-state index is 0.0116. The summed E-state index contributed by atoms with van der Waals surface area (Å²) in [6.07, 6.45) is 1.90. The Hall–Kier alpha value is -2.37. The number of thiophene rings is 1. The zero-order valence-electron chi connectivity index (χ0n) is 14.0. The highest BCUT2D eigenvalue weighted by atomic mass is 32.2. The lowest BCUT2D eigenvalue weighted by Crippen LogP contribution is -2.11.